The predicted molar refractivity (Wildman–Crippen MR) is 144 cm³/mol. The van der Waals surface area contributed by atoms with Crippen LogP contribution >= 0.6 is 11.6 Å². The second-order valence-electron chi connectivity index (χ2n) is 9.62. The molecule has 1 atom stereocenters. The van der Waals surface area contributed by atoms with Crippen molar-refractivity contribution in [2.24, 2.45) is 0 Å². The number of hydrogen-bond donors (Lipinski definition) is 0. The average molecular weight is 561 g/mol. The quantitative estimate of drug-likeness (QED) is 0.373. The fourth-order valence-corrected chi connectivity index (χ4v) is 6.91. The molecule has 1 fully saturated rings. The van der Waals surface area contributed by atoms with Crippen molar-refractivity contribution in [3.8, 4) is 11.4 Å². The first-order valence-electron chi connectivity index (χ1n) is 12.6. The number of amides is 1. The monoisotopic (exact) mass is 560 g/mol. The SMILES string of the molecule is COCCN(CC(=O)N1CCCCC1c1nc(-c2ccc(Cl)cc2)no1)S(=O)(=O)c1c(C)cc(C)cc1C. The molecule has 9 nitrogen and oxygen atoms in total. The summed E-state index contributed by atoms with van der Waals surface area (Å²) in [5.74, 6) is 0.423. The average Bonchev–Trinajstić information content (AvgIpc) is 3.36. The molecule has 1 aromatic heterocycles. The van der Waals surface area contributed by atoms with Crippen LogP contribution in [0.3, 0.4) is 0 Å². The molecule has 4 rings (SSSR count). The molecule has 0 aliphatic carbocycles. The van der Waals surface area contributed by atoms with E-state index in [2.05, 4.69) is 10.1 Å². The highest BCUT2D eigenvalue weighted by Crippen LogP contribution is 2.32. The fraction of sp³-hybridized carbons (Fsp3) is 0.444. The van der Waals surface area contributed by atoms with E-state index in [9.17, 15) is 13.2 Å². The van der Waals surface area contributed by atoms with Gasteiger partial charge in [0.1, 0.15) is 6.04 Å². The first-order valence-corrected chi connectivity index (χ1v) is 14.4. The summed E-state index contributed by atoms with van der Waals surface area (Å²) in [5.41, 5.74) is 3.02. The summed E-state index contributed by atoms with van der Waals surface area (Å²) in [5, 5.41) is 4.70. The normalized spacial score (nSPS) is 16.3. The Morgan fingerprint density at radius 2 is 1.84 bits per heavy atom. The number of sulfonamides is 1. The van der Waals surface area contributed by atoms with Gasteiger partial charge >= 0.3 is 0 Å². The van der Waals surface area contributed by atoms with Gasteiger partial charge in [-0.25, -0.2) is 8.42 Å². The zero-order chi connectivity index (χ0) is 27.4. The van der Waals surface area contributed by atoms with Gasteiger partial charge < -0.3 is 14.2 Å². The van der Waals surface area contributed by atoms with Crippen molar-refractivity contribution in [3.05, 3.63) is 64.0 Å². The van der Waals surface area contributed by atoms with Gasteiger partial charge in [-0.05, 0) is 75.4 Å². The molecule has 0 N–H and O–H groups in total. The van der Waals surface area contributed by atoms with Crippen LogP contribution in [0, 0.1) is 20.8 Å². The first-order chi connectivity index (χ1) is 18.1. The van der Waals surface area contributed by atoms with Crippen molar-refractivity contribution >= 4 is 27.5 Å². The third kappa shape index (κ3) is 6.09. The van der Waals surface area contributed by atoms with E-state index in [1.165, 1.54) is 11.4 Å². The molecule has 11 heteroatoms. The molecule has 204 valence electrons. The summed E-state index contributed by atoms with van der Waals surface area (Å²) in [6.07, 6.45) is 2.34. The van der Waals surface area contributed by atoms with Crippen LogP contribution in [-0.4, -0.2) is 67.0 Å². The van der Waals surface area contributed by atoms with E-state index in [-0.39, 0.29) is 30.5 Å². The van der Waals surface area contributed by atoms with E-state index < -0.39 is 16.1 Å². The molecular formula is C27H33ClN4O5S. The molecule has 38 heavy (non-hydrogen) atoms. The van der Waals surface area contributed by atoms with Crippen LogP contribution in [0.2, 0.25) is 5.02 Å². The van der Waals surface area contributed by atoms with Crippen LogP contribution < -0.4 is 0 Å². The van der Waals surface area contributed by atoms with Crippen molar-refractivity contribution in [3.63, 3.8) is 0 Å². The number of nitrogens with zero attached hydrogens (tertiary/aromatic N) is 4. The zero-order valence-electron chi connectivity index (χ0n) is 22.1. The molecule has 0 saturated carbocycles. The van der Waals surface area contributed by atoms with Crippen LogP contribution in [0.4, 0.5) is 0 Å². The minimum Gasteiger partial charge on any atom is -0.383 e. The summed E-state index contributed by atoms with van der Waals surface area (Å²) < 4.78 is 39.6. The minimum absolute atomic E-state index is 0.0527. The lowest BCUT2D eigenvalue weighted by Crippen LogP contribution is -2.47. The maximum absolute atomic E-state index is 13.8. The highest BCUT2D eigenvalue weighted by molar-refractivity contribution is 7.89. The number of aryl methyl sites for hydroxylation is 3. The van der Waals surface area contributed by atoms with Crippen LogP contribution in [0.25, 0.3) is 11.4 Å². The highest BCUT2D eigenvalue weighted by atomic mass is 35.5. The highest BCUT2D eigenvalue weighted by Gasteiger charge is 2.36. The van der Waals surface area contributed by atoms with Crippen molar-refractivity contribution in [2.45, 2.75) is 51.0 Å². The molecule has 1 amide bonds. The molecule has 1 aliphatic rings. The van der Waals surface area contributed by atoms with Crippen molar-refractivity contribution < 1.29 is 22.5 Å². The first kappa shape index (κ1) is 28.2. The Morgan fingerprint density at radius 1 is 1.16 bits per heavy atom. The number of likely N-dealkylation sites (tertiary alicyclic amines) is 1. The second kappa shape index (κ2) is 11.9. The summed E-state index contributed by atoms with van der Waals surface area (Å²) in [4.78, 5) is 20.1. The van der Waals surface area contributed by atoms with Crippen LogP contribution in [0.15, 0.2) is 45.8 Å². The summed E-state index contributed by atoms with van der Waals surface area (Å²) in [7, 11) is -2.46. The van der Waals surface area contributed by atoms with Gasteiger partial charge in [0.05, 0.1) is 18.0 Å². The fourth-order valence-electron chi connectivity index (χ4n) is 5.00. The molecule has 2 heterocycles. The molecule has 1 unspecified atom stereocenters. The van der Waals surface area contributed by atoms with E-state index in [1.807, 2.05) is 19.1 Å². The van der Waals surface area contributed by atoms with Gasteiger partial charge in [0.25, 0.3) is 0 Å². The van der Waals surface area contributed by atoms with Gasteiger partial charge in [0.15, 0.2) is 0 Å². The number of carbonyl (C=O) groups is 1. The Morgan fingerprint density at radius 3 is 2.50 bits per heavy atom. The number of carbonyl (C=O) groups excluding carboxylic acids is 1. The van der Waals surface area contributed by atoms with Crippen LogP contribution in [0.5, 0.6) is 0 Å². The Labute approximate surface area is 228 Å². The zero-order valence-corrected chi connectivity index (χ0v) is 23.7. The van der Waals surface area contributed by atoms with Crippen molar-refractivity contribution in [1.29, 1.82) is 0 Å². The summed E-state index contributed by atoms with van der Waals surface area (Å²) in [6.45, 7) is 5.85. The Bertz CT molecular complexity index is 1370. The van der Waals surface area contributed by atoms with Crippen LogP contribution in [0.1, 0.15) is 47.9 Å². The van der Waals surface area contributed by atoms with Crippen molar-refractivity contribution in [2.75, 3.05) is 33.4 Å². The predicted octanol–water partition coefficient (Wildman–Crippen LogP) is 4.71. The number of rotatable bonds is 9. The molecule has 2 aromatic carbocycles. The molecule has 0 spiro atoms. The number of halogens is 1. The van der Waals surface area contributed by atoms with E-state index >= 15 is 0 Å². The molecule has 0 bridgehead atoms. The summed E-state index contributed by atoms with van der Waals surface area (Å²) >= 11 is 5.99. The third-order valence-corrected chi connectivity index (χ3v) is 9.11. The van der Waals surface area contributed by atoms with E-state index in [4.69, 9.17) is 20.9 Å². The lowest BCUT2D eigenvalue weighted by atomic mass is 10.0. The Balaban J connectivity index is 1.59. The van der Waals surface area contributed by atoms with E-state index in [0.717, 1.165) is 24.0 Å². The topological polar surface area (TPSA) is 106 Å². The van der Waals surface area contributed by atoms with Gasteiger partial charge in [0, 0.05) is 30.8 Å². The lowest BCUT2D eigenvalue weighted by molar-refractivity contribution is -0.136. The number of methoxy groups -OCH3 is 1. The lowest BCUT2D eigenvalue weighted by Gasteiger charge is -2.35. The third-order valence-electron chi connectivity index (χ3n) is 6.71. The molecule has 1 saturated heterocycles. The number of hydrogen-bond acceptors (Lipinski definition) is 7. The maximum atomic E-state index is 13.8. The van der Waals surface area contributed by atoms with Crippen molar-refractivity contribution in [1.82, 2.24) is 19.3 Å². The van der Waals surface area contributed by atoms with Gasteiger partial charge in [-0.3, -0.25) is 4.79 Å². The maximum Gasteiger partial charge on any atom is 0.249 e. The van der Waals surface area contributed by atoms with Gasteiger partial charge in [-0.2, -0.15) is 9.29 Å². The number of piperidine rings is 1. The second-order valence-corrected chi connectivity index (χ2v) is 11.9. The van der Waals surface area contributed by atoms with E-state index in [0.29, 0.717) is 40.8 Å². The number of ether oxygens (including phenoxy) is 1. The van der Waals surface area contributed by atoms with Gasteiger partial charge in [-0.1, -0.05) is 34.5 Å². The molecule has 0 radical (unpaired) electrons. The minimum atomic E-state index is -3.96. The van der Waals surface area contributed by atoms with E-state index in [1.54, 1.807) is 43.0 Å². The molecule has 1 aliphatic heterocycles. The van der Waals surface area contributed by atoms with Gasteiger partial charge in [-0.15, -0.1) is 0 Å². The van der Waals surface area contributed by atoms with Gasteiger partial charge in [0.2, 0.25) is 27.6 Å². The largest absolute Gasteiger partial charge is 0.383 e. The Kier molecular flexibility index (Phi) is 8.87. The number of aromatic nitrogens is 2. The standard InChI is InChI=1S/C27H33ClN4O5S/c1-18-15-19(2)25(20(3)16-18)38(34,35)31(13-14-36-4)17-24(33)32-12-6-5-7-23(32)27-29-26(30-37-27)21-8-10-22(28)11-9-21/h8-11,15-16,23H,5-7,12-14,17H2,1-4H3. The Hall–Kier alpha value is -2.79. The smallest absolute Gasteiger partial charge is 0.249 e. The van der Waals surface area contributed by atoms with Crippen LogP contribution in [-0.2, 0) is 19.6 Å². The number of benzene rings is 2. The summed E-state index contributed by atoms with van der Waals surface area (Å²) in [6, 6.07) is 10.3. The molecule has 3 aromatic rings. The molecular weight excluding hydrogens is 528 g/mol.